The molecule has 0 radical (unpaired) electrons. The molecule has 1 aromatic rings. The summed E-state index contributed by atoms with van der Waals surface area (Å²) in [6.07, 6.45) is 6.55. The van der Waals surface area contributed by atoms with E-state index in [-0.39, 0.29) is 0 Å². The van der Waals surface area contributed by atoms with Crippen molar-refractivity contribution in [3.63, 3.8) is 0 Å². The quantitative estimate of drug-likeness (QED) is 0.883. The number of benzene rings is 1. The van der Waals surface area contributed by atoms with E-state index in [0.717, 1.165) is 24.7 Å². The molecule has 2 atom stereocenters. The second-order valence-corrected chi connectivity index (χ2v) is 7.22. The largest absolute Gasteiger partial charge is 0.365 e. The first-order valence-corrected chi connectivity index (χ1v) is 8.76. The molecular formula is C17H25BrN2. The molecule has 2 bridgehead atoms. The lowest BCUT2D eigenvalue weighted by atomic mass is 9.96. The molecular weight excluding hydrogens is 312 g/mol. The maximum atomic E-state index is 3.75. The maximum absolute atomic E-state index is 3.75. The van der Waals surface area contributed by atoms with Crippen LogP contribution < -0.4 is 10.2 Å². The van der Waals surface area contributed by atoms with Gasteiger partial charge in [-0.25, -0.2) is 0 Å². The molecule has 20 heavy (non-hydrogen) atoms. The molecule has 2 unspecified atom stereocenters. The van der Waals surface area contributed by atoms with E-state index in [9.17, 15) is 0 Å². The molecule has 3 rings (SSSR count). The molecule has 2 aliphatic rings. The van der Waals surface area contributed by atoms with E-state index in [1.807, 2.05) is 0 Å². The monoisotopic (exact) mass is 336 g/mol. The van der Waals surface area contributed by atoms with Crippen molar-refractivity contribution in [3.05, 3.63) is 28.2 Å². The van der Waals surface area contributed by atoms with Gasteiger partial charge in [0.2, 0.25) is 0 Å². The molecule has 2 saturated heterocycles. The zero-order valence-corrected chi connectivity index (χ0v) is 14.1. The van der Waals surface area contributed by atoms with Gasteiger partial charge in [0.25, 0.3) is 0 Å². The van der Waals surface area contributed by atoms with Crippen LogP contribution in [0.1, 0.15) is 44.6 Å². The summed E-state index contributed by atoms with van der Waals surface area (Å²) in [6.45, 7) is 5.60. The van der Waals surface area contributed by atoms with E-state index < -0.39 is 0 Å². The number of hydrogen-bond donors (Lipinski definition) is 1. The van der Waals surface area contributed by atoms with Crippen LogP contribution >= 0.6 is 15.9 Å². The second kappa shape index (κ2) is 6.07. The highest BCUT2D eigenvalue weighted by molar-refractivity contribution is 9.10. The molecule has 0 saturated carbocycles. The third kappa shape index (κ3) is 2.75. The molecule has 2 heterocycles. The average Bonchev–Trinajstić information content (AvgIpc) is 2.70. The van der Waals surface area contributed by atoms with Crippen molar-refractivity contribution in [2.75, 3.05) is 11.4 Å². The highest BCUT2D eigenvalue weighted by Gasteiger charge is 2.41. The smallest absolute Gasteiger partial charge is 0.0518 e. The minimum Gasteiger partial charge on any atom is -0.365 e. The van der Waals surface area contributed by atoms with Crippen LogP contribution in [-0.2, 0) is 0 Å². The number of hydrogen-bond acceptors (Lipinski definition) is 2. The summed E-state index contributed by atoms with van der Waals surface area (Å²) in [5.41, 5.74) is 2.76. The second-order valence-electron chi connectivity index (χ2n) is 6.37. The Morgan fingerprint density at radius 1 is 1.25 bits per heavy atom. The Labute approximate surface area is 131 Å². The van der Waals surface area contributed by atoms with E-state index in [4.69, 9.17) is 0 Å². The van der Waals surface area contributed by atoms with Gasteiger partial charge in [0.15, 0.2) is 0 Å². The lowest BCUT2D eigenvalue weighted by molar-refractivity contribution is 0.356. The van der Waals surface area contributed by atoms with Gasteiger partial charge < -0.3 is 10.2 Å². The highest BCUT2D eigenvalue weighted by atomic mass is 79.9. The SMILES string of the molecule is CCCNC1CC2CCC(C1)N2c1cc(C)ccc1Br. The van der Waals surface area contributed by atoms with Crippen LogP contribution in [0.25, 0.3) is 0 Å². The summed E-state index contributed by atoms with van der Waals surface area (Å²) < 4.78 is 1.25. The first kappa shape index (κ1) is 14.4. The molecule has 3 heteroatoms. The maximum Gasteiger partial charge on any atom is 0.0518 e. The molecule has 2 fully saturated rings. The first-order chi connectivity index (χ1) is 9.69. The van der Waals surface area contributed by atoms with Crippen LogP contribution in [0.5, 0.6) is 0 Å². The van der Waals surface area contributed by atoms with Crippen molar-refractivity contribution in [2.24, 2.45) is 0 Å². The van der Waals surface area contributed by atoms with E-state index >= 15 is 0 Å². The molecule has 0 aromatic heterocycles. The Morgan fingerprint density at radius 2 is 1.95 bits per heavy atom. The standard InChI is InChI=1S/C17H25BrN2/c1-3-8-19-13-10-14-5-6-15(11-13)20(14)17-9-12(2)4-7-16(17)18/h4,7,9,13-15,19H,3,5-6,8,10-11H2,1-2H3. The van der Waals surface area contributed by atoms with Crippen LogP contribution in [-0.4, -0.2) is 24.7 Å². The van der Waals surface area contributed by atoms with E-state index in [1.165, 1.54) is 47.8 Å². The summed E-state index contributed by atoms with van der Waals surface area (Å²) >= 11 is 3.75. The van der Waals surface area contributed by atoms with Gasteiger partial charge in [0.05, 0.1) is 5.69 Å². The van der Waals surface area contributed by atoms with E-state index in [2.05, 4.69) is 58.2 Å². The van der Waals surface area contributed by atoms with Crippen LogP contribution in [0.4, 0.5) is 5.69 Å². The van der Waals surface area contributed by atoms with E-state index in [0.29, 0.717) is 0 Å². The fraction of sp³-hybridized carbons (Fsp3) is 0.647. The molecule has 2 aliphatic heterocycles. The Hall–Kier alpha value is -0.540. The van der Waals surface area contributed by atoms with Crippen LogP contribution in [0, 0.1) is 6.92 Å². The third-order valence-electron chi connectivity index (χ3n) is 4.80. The van der Waals surface area contributed by atoms with Gasteiger partial charge in [-0.15, -0.1) is 0 Å². The summed E-state index contributed by atoms with van der Waals surface area (Å²) in [6, 6.07) is 8.90. The summed E-state index contributed by atoms with van der Waals surface area (Å²) in [5, 5.41) is 3.73. The molecule has 0 aliphatic carbocycles. The van der Waals surface area contributed by atoms with Gasteiger partial charge in [0, 0.05) is 22.6 Å². The molecule has 110 valence electrons. The lowest BCUT2D eigenvalue weighted by Gasteiger charge is -2.41. The van der Waals surface area contributed by atoms with Gasteiger partial charge in [-0.3, -0.25) is 0 Å². The Balaban J connectivity index is 1.78. The van der Waals surface area contributed by atoms with Gasteiger partial charge in [-0.2, -0.15) is 0 Å². The normalized spacial score (nSPS) is 28.9. The van der Waals surface area contributed by atoms with Crippen molar-refractivity contribution >= 4 is 21.6 Å². The number of aryl methyl sites for hydroxylation is 1. The predicted molar refractivity (Wildman–Crippen MR) is 89.5 cm³/mol. The molecule has 1 aromatic carbocycles. The van der Waals surface area contributed by atoms with Crippen molar-refractivity contribution in [2.45, 2.75) is 64.1 Å². The fourth-order valence-corrected chi connectivity index (χ4v) is 4.36. The molecule has 0 amide bonds. The van der Waals surface area contributed by atoms with Crippen LogP contribution in [0.15, 0.2) is 22.7 Å². The average molecular weight is 337 g/mol. The number of nitrogens with zero attached hydrogens (tertiary/aromatic N) is 1. The Morgan fingerprint density at radius 3 is 2.60 bits per heavy atom. The number of fused-ring (bicyclic) bond motifs is 2. The van der Waals surface area contributed by atoms with E-state index in [1.54, 1.807) is 0 Å². The molecule has 1 N–H and O–H groups in total. The number of halogens is 1. The molecule has 2 nitrogen and oxygen atoms in total. The number of rotatable bonds is 4. The summed E-state index contributed by atoms with van der Waals surface area (Å²) in [5.74, 6) is 0. The summed E-state index contributed by atoms with van der Waals surface area (Å²) in [7, 11) is 0. The predicted octanol–water partition coefficient (Wildman–Crippen LogP) is 4.26. The van der Waals surface area contributed by atoms with Crippen molar-refractivity contribution in [3.8, 4) is 0 Å². The first-order valence-electron chi connectivity index (χ1n) is 7.97. The zero-order chi connectivity index (χ0) is 14.1. The zero-order valence-electron chi connectivity index (χ0n) is 12.5. The van der Waals surface area contributed by atoms with Crippen LogP contribution in [0.3, 0.4) is 0 Å². The highest BCUT2D eigenvalue weighted by Crippen LogP contribution is 2.42. The van der Waals surface area contributed by atoms with Crippen molar-refractivity contribution in [1.82, 2.24) is 5.32 Å². The van der Waals surface area contributed by atoms with Gasteiger partial charge in [-0.1, -0.05) is 13.0 Å². The summed E-state index contributed by atoms with van der Waals surface area (Å²) in [4.78, 5) is 2.70. The van der Waals surface area contributed by atoms with Crippen molar-refractivity contribution < 1.29 is 0 Å². The van der Waals surface area contributed by atoms with Gasteiger partial charge in [-0.05, 0) is 79.2 Å². The minimum atomic E-state index is 0.723. The minimum absolute atomic E-state index is 0.723. The number of anilines is 1. The Bertz CT molecular complexity index is 460. The molecule has 0 spiro atoms. The topological polar surface area (TPSA) is 15.3 Å². The number of piperidine rings is 1. The third-order valence-corrected chi connectivity index (χ3v) is 5.47. The van der Waals surface area contributed by atoms with Gasteiger partial charge in [0.1, 0.15) is 0 Å². The fourth-order valence-electron chi connectivity index (χ4n) is 3.91. The lowest BCUT2D eigenvalue weighted by Crippen LogP contribution is -2.49. The van der Waals surface area contributed by atoms with Crippen molar-refractivity contribution in [1.29, 1.82) is 0 Å². The van der Waals surface area contributed by atoms with Crippen LogP contribution in [0.2, 0.25) is 0 Å². The van der Waals surface area contributed by atoms with Gasteiger partial charge >= 0.3 is 0 Å². The Kier molecular flexibility index (Phi) is 4.37. The number of nitrogens with one attached hydrogen (secondary N) is 1.